The van der Waals surface area contributed by atoms with Crippen LogP contribution in [0.25, 0.3) is 0 Å². The summed E-state index contributed by atoms with van der Waals surface area (Å²) in [6, 6.07) is 14.7. The third kappa shape index (κ3) is 6.33. The highest BCUT2D eigenvalue weighted by Crippen LogP contribution is 2.58. The summed E-state index contributed by atoms with van der Waals surface area (Å²) in [5.74, 6) is 0. The van der Waals surface area contributed by atoms with Gasteiger partial charge in [-0.25, -0.2) is 0 Å². The second-order valence-electron chi connectivity index (χ2n) is 9.99. The van der Waals surface area contributed by atoms with Crippen LogP contribution in [-0.4, -0.2) is 24.7 Å². The zero-order chi connectivity index (χ0) is 34.9. The van der Waals surface area contributed by atoms with E-state index in [0.717, 1.165) is 48.5 Å². The van der Waals surface area contributed by atoms with E-state index in [9.17, 15) is 52.7 Å². The second kappa shape index (κ2) is 12.2. The quantitative estimate of drug-likeness (QED) is 0.129. The minimum Gasteiger partial charge on any atom is -0.399 e. The molecule has 46 heavy (non-hydrogen) atoms. The van der Waals surface area contributed by atoms with Gasteiger partial charge in [0.15, 0.2) is 0 Å². The first-order chi connectivity index (χ1) is 21.0. The molecule has 4 rings (SSSR count). The summed E-state index contributed by atoms with van der Waals surface area (Å²) in [5, 5.41) is 0. The minimum absolute atomic E-state index is 0.204. The zero-order valence-electron chi connectivity index (χ0n) is 23.1. The zero-order valence-corrected chi connectivity index (χ0v) is 23.1. The molecule has 4 aromatic carbocycles. The average Bonchev–Trinajstić information content (AvgIpc) is 2.87. The van der Waals surface area contributed by atoms with Gasteiger partial charge >= 0.3 is 24.7 Å². The van der Waals surface area contributed by atoms with Crippen molar-refractivity contribution >= 4 is 22.7 Å². The van der Waals surface area contributed by atoms with Crippen LogP contribution in [0.4, 0.5) is 75.4 Å². The number of alkyl halides is 12. The van der Waals surface area contributed by atoms with E-state index in [1.807, 2.05) is 0 Å². The first-order valence-corrected chi connectivity index (χ1v) is 12.7. The lowest BCUT2D eigenvalue weighted by molar-refractivity contribution is -0.290. The third-order valence-electron chi connectivity index (χ3n) is 6.98. The standard InChI is InChI=1S/2C15H12F6N2/c2*16-14(17,18)13(15(19,20)21,9-3-1-5-11(22)7-9)10-4-2-6-12(23)8-10/h2*1-8H,22-23H2. The summed E-state index contributed by atoms with van der Waals surface area (Å²) in [6.07, 6.45) is -22.6. The van der Waals surface area contributed by atoms with Gasteiger partial charge in [-0.3, -0.25) is 0 Å². The van der Waals surface area contributed by atoms with Crippen LogP contribution in [-0.2, 0) is 10.8 Å². The molecule has 0 saturated carbocycles. The Labute approximate surface area is 253 Å². The van der Waals surface area contributed by atoms with Gasteiger partial charge in [0, 0.05) is 22.7 Å². The molecule has 0 saturated heterocycles. The third-order valence-corrected chi connectivity index (χ3v) is 6.98. The Kier molecular flexibility index (Phi) is 9.48. The second-order valence-corrected chi connectivity index (χ2v) is 9.99. The Morgan fingerprint density at radius 2 is 0.478 bits per heavy atom. The maximum Gasteiger partial charge on any atom is 0.411 e. The molecular formula is C30H24F12N4. The van der Waals surface area contributed by atoms with Crippen LogP contribution in [0.2, 0.25) is 0 Å². The van der Waals surface area contributed by atoms with E-state index in [2.05, 4.69) is 0 Å². The average molecular weight is 669 g/mol. The van der Waals surface area contributed by atoms with Gasteiger partial charge in [0.25, 0.3) is 0 Å². The molecular weight excluding hydrogens is 644 g/mol. The Morgan fingerprint density at radius 3 is 0.609 bits per heavy atom. The molecule has 0 heterocycles. The summed E-state index contributed by atoms with van der Waals surface area (Å²) in [6.45, 7) is 0. The summed E-state index contributed by atoms with van der Waals surface area (Å²) >= 11 is 0. The fraction of sp³-hybridized carbons (Fsp3) is 0.200. The molecule has 0 aromatic heterocycles. The van der Waals surface area contributed by atoms with Gasteiger partial charge in [0.1, 0.15) is 0 Å². The highest BCUT2D eigenvalue weighted by molar-refractivity contribution is 5.55. The Bertz CT molecular complexity index is 1410. The van der Waals surface area contributed by atoms with Crippen LogP contribution < -0.4 is 22.9 Å². The summed E-state index contributed by atoms with van der Waals surface area (Å²) in [5.41, 5.74) is 8.27. The number of nitrogen functional groups attached to an aromatic ring is 4. The van der Waals surface area contributed by atoms with Crippen LogP contribution in [0.1, 0.15) is 22.3 Å². The maximum atomic E-state index is 13.7. The predicted molar refractivity (Wildman–Crippen MR) is 149 cm³/mol. The van der Waals surface area contributed by atoms with Gasteiger partial charge < -0.3 is 22.9 Å². The summed E-state index contributed by atoms with van der Waals surface area (Å²) < 4.78 is 164. The Morgan fingerprint density at radius 1 is 0.304 bits per heavy atom. The lowest BCUT2D eigenvalue weighted by Gasteiger charge is -2.38. The molecule has 0 bridgehead atoms. The number of hydrogen-bond donors (Lipinski definition) is 4. The van der Waals surface area contributed by atoms with Crippen LogP contribution >= 0.6 is 0 Å². The molecule has 0 aliphatic rings. The van der Waals surface area contributed by atoms with E-state index in [1.54, 1.807) is 0 Å². The van der Waals surface area contributed by atoms with Crippen molar-refractivity contribution in [3.63, 3.8) is 0 Å². The number of benzene rings is 4. The van der Waals surface area contributed by atoms with E-state index in [-0.39, 0.29) is 22.7 Å². The molecule has 0 fully saturated rings. The monoisotopic (exact) mass is 668 g/mol. The lowest BCUT2D eigenvalue weighted by Crippen LogP contribution is -2.54. The van der Waals surface area contributed by atoms with Crippen molar-refractivity contribution < 1.29 is 52.7 Å². The number of rotatable bonds is 4. The van der Waals surface area contributed by atoms with Crippen molar-refractivity contribution in [2.45, 2.75) is 35.5 Å². The largest absolute Gasteiger partial charge is 0.411 e. The van der Waals surface area contributed by atoms with Gasteiger partial charge in [0.2, 0.25) is 10.8 Å². The van der Waals surface area contributed by atoms with E-state index >= 15 is 0 Å². The first-order valence-electron chi connectivity index (χ1n) is 12.7. The number of hydrogen-bond acceptors (Lipinski definition) is 4. The van der Waals surface area contributed by atoms with Crippen molar-refractivity contribution in [2.75, 3.05) is 22.9 Å². The number of anilines is 4. The van der Waals surface area contributed by atoms with E-state index in [1.165, 1.54) is 24.3 Å². The van der Waals surface area contributed by atoms with E-state index in [0.29, 0.717) is 24.3 Å². The number of halogens is 12. The molecule has 0 radical (unpaired) electrons. The maximum absolute atomic E-state index is 13.7. The Balaban J connectivity index is 0.000000250. The molecule has 0 atom stereocenters. The van der Waals surface area contributed by atoms with Gasteiger partial charge in [-0.05, 0) is 70.8 Å². The van der Waals surface area contributed by atoms with Gasteiger partial charge in [-0.15, -0.1) is 0 Å². The molecule has 0 amide bonds. The molecule has 248 valence electrons. The molecule has 0 unspecified atom stereocenters. The van der Waals surface area contributed by atoms with Gasteiger partial charge in [0.05, 0.1) is 0 Å². The molecule has 0 spiro atoms. The number of nitrogens with two attached hydrogens (primary N) is 4. The summed E-state index contributed by atoms with van der Waals surface area (Å²) in [7, 11) is 0. The molecule has 4 aromatic rings. The van der Waals surface area contributed by atoms with Crippen molar-refractivity contribution in [1.29, 1.82) is 0 Å². The van der Waals surface area contributed by atoms with E-state index in [4.69, 9.17) is 22.9 Å². The predicted octanol–water partition coefficient (Wildman–Crippen LogP) is 8.52. The highest BCUT2D eigenvalue weighted by atomic mass is 19.4. The van der Waals surface area contributed by atoms with Crippen molar-refractivity contribution in [3.05, 3.63) is 119 Å². The SMILES string of the molecule is Nc1cccc(C(c2cccc(N)c2)(C(F)(F)F)C(F)(F)F)c1.Nc1cccc(C(c2cccc(N)c2)(C(F)(F)F)C(F)(F)F)c1. The molecule has 4 nitrogen and oxygen atoms in total. The van der Waals surface area contributed by atoms with Crippen LogP contribution in [0.15, 0.2) is 97.1 Å². The Hall–Kier alpha value is -4.76. The van der Waals surface area contributed by atoms with Crippen molar-refractivity contribution in [1.82, 2.24) is 0 Å². The van der Waals surface area contributed by atoms with Crippen LogP contribution in [0, 0.1) is 0 Å². The topological polar surface area (TPSA) is 104 Å². The molecule has 16 heteroatoms. The molecule has 0 aliphatic heterocycles. The molecule has 8 N–H and O–H groups in total. The van der Waals surface area contributed by atoms with Crippen molar-refractivity contribution in [2.24, 2.45) is 0 Å². The van der Waals surface area contributed by atoms with Gasteiger partial charge in [-0.2, -0.15) is 52.7 Å². The fourth-order valence-electron chi connectivity index (χ4n) is 5.05. The first kappa shape index (κ1) is 35.7. The summed E-state index contributed by atoms with van der Waals surface area (Å²) in [4.78, 5) is 0. The van der Waals surface area contributed by atoms with Crippen LogP contribution in [0.5, 0.6) is 0 Å². The highest BCUT2D eigenvalue weighted by Gasteiger charge is 2.73. The van der Waals surface area contributed by atoms with Gasteiger partial charge in [-0.1, -0.05) is 48.5 Å². The minimum atomic E-state index is -5.65. The molecule has 0 aliphatic carbocycles. The smallest absolute Gasteiger partial charge is 0.399 e. The normalized spacial score (nSPS) is 13.1. The van der Waals surface area contributed by atoms with Crippen LogP contribution in [0.3, 0.4) is 0 Å². The van der Waals surface area contributed by atoms with Crippen molar-refractivity contribution in [3.8, 4) is 0 Å². The lowest BCUT2D eigenvalue weighted by atomic mass is 9.72. The fourth-order valence-corrected chi connectivity index (χ4v) is 5.05. The van der Waals surface area contributed by atoms with E-state index < -0.39 is 57.8 Å².